The van der Waals surface area contributed by atoms with Crippen molar-refractivity contribution < 1.29 is 23.9 Å². The highest BCUT2D eigenvalue weighted by atomic mass is 16.5. The van der Waals surface area contributed by atoms with Crippen LogP contribution in [0.4, 0.5) is 23.3 Å². The summed E-state index contributed by atoms with van der Waals surface area (Å²) in [7, 11) is 5.28. The maximum Gasteiger partial charge on any atom is 0.335 e. The summed E-state index contributed by atoms with van der Waals surface area (Å²) in [6.45, 7) is 13.6. The summed E-state index contributed by atoms with van der Waals surface area (Å²) < 4.78 is 20.7. The van der Waals surface area contributed by atoms with Gasteiger partial charge >= 0.3 is 5.97 Å². The number of aromatic carboxylic acids is 1. The molecule has 20 nitrogen and oxygen atoms in total. The Kier molecular flexibility index (Phi) is 12.3. The molecule has 2 saturated carbocycles. The fourth-order valence-electron chi connectivity index (χ4n) is 9.85. The molecule has 2 aliphatic rings. The minimum absolute atomic E-state index is 0.217. The van der Waals surface area contributed by atoms with Crippen molar-refractivity contribution in [3.8, 4) is 39.4 Å². The number of aromatic nitrogens is 13. The maximum absolute atomic E-state index is 11.4. The van der Waals surface area contributed by atoms with Crippen molar-refractivity contribution in [1.29, 1.82) is 0 Å². The number of hydrogen-bond acceptors (Lipinski definition) is 14. The first-order valence-electron chi connectivity index (χ1n) is 25.0. The molecule has 3 aromatic carbocycles. The number of aromatic amines is 3. The fourth-order valence-corrected chi connectivity index (χ4v) is 9.85. The minimum atomic E-state index is -0.972. The van der Waals surface area contributed by atoms with E-state index in [2.05, 4.69) is 63.2 Å². The molecule has 11 aromatic rings. The maximum atomic E-state index is 11.4. The third kappa shape index (κ3) is 8.80. The van der Waals surface area contributed by atoms with Crippen molar-refractivity contribution in [3.05, 3.63) is 113 Å². The first kappa shape index (κ1) is 48.2. The van der Waals surface area contributed by atoms with Gasteiger partial charge in [-0.1, -0.05) is 19.0 Å². The van der Waals surface area contributed by atoms with Crippen LogP contribution in [0.25, 0.3) is 71.8 Å². The predicted octanol–water partition coefficient (Wildman–Crippen LogP) is 11.7. The molecule has 0 unspecified atom stereocenters. The Balaban J connectivity index is 0.000000160. The van der Waals surface area contributed by atoms with Crippen LogP contribution < -0.4 is 20.1 Å². The summed E-state index contributed by atoms with van der Waals surface area (Å²) in [6, 6.07) is 19.0. The van der Waals surface area contributed by atoms with Gasteiger partial charge in [0.15, 0.2) is 0 Å². The third-order valence-corrected chi connectivity index (χ3v) is 13.8. The van der Waals surface area contributed by atoms with E-state index >= 15 is 0 Å². The molecule has 75 heavy (non-hydrogen) atoms. The molecule has 382 valence electrons. The Morgan fingerprint density at radius 1 is 0.720 bits per heavy atom. The number of nitrogens with one attached hydrogen (secondary N) is 5. The number of anilines is 4. The quantitative estimate of drug-likeness (QED) is 0.0665. The highest BCUT2D eigenvalue weighted by Crippen LogP contribution is 2.45. The molecule has 2 fully saturated rings. The van der Waals surface area contributed by atoms with Gasteiger partial charge < -0.3 is 39.7 Å². The molecular formula is C55H57N15O5. The molecule has 8 heterocycles. The lowest BCUT2D eigenvalue weighted by Gasteiger charge is -2.12. The lowest BCUT2D eigenvalue weighted by molar-refractivity contribution is 0.0697. The van der Waals surface area contributed by atoms with Gasteiger partial charge in [-0.05, 0) is 109 Å². The molecule has 0 atom stereocenters. The zero-order chi connectivity index (χ0) is 52.4. The second kappa shape index (κ2) is 19.1. The van der Waals surface area contributed by atoms with E-state index in [9.17, 15) is 9.90 Å². The van der Waals surface area contributed by atoms with Crippen LogP contribution in [0.15, 0.2) is 71.5 Å². The highest BCUT2D eigenvalue weighted by Gasteiger charge is 2.30. The average Bonchev–Trinajstić information content (AvgIpc) is 4.20. The van der Waals surface area contributed by atoms with Crippen molar-refractivity contribution in [2.24, 2.45) is 7.05 Å². The van der Waals surface area contributed by atoms with Gasteiger partial charge in [-0.25, -0.2) is 29.4 Å². The van der Waals surface area contributed by atoms with Gasteiger partial charge in [-0.2, -0.15) is 15.3 Å². The van der Waals surface area contributed by atoms with Crippen LogP contribution in [-0.2, 0) is 7.05 Å². The normalized spacial score (nSPS) is 13.3. The van der Waals surface area contributed by atoms with Crippen LogP contribution in [0.2, 0.25) is 0 Å². The van der Waals surface area contributed by atoms with E-state index in [0.29, 0.717) is 40.6 Å². The van der Waals surface area contributed by atoms with Crippen LogP contribution in [-0.4, -0.2) is 90.1 Å². The van der Waals surface area contributed by atoms with E-state index in [4.69, 9.17) is 29.1 Å². The topological polar surface area (TPSA) is 253 Å². The van der Waals surface area contributed by atoms with Gasteiger partial charge in [-0.15, -0.1) is 0 Å². The van der Waals surface area contributed by atoms with Crippen LogP contribution in [0, 0.1) is 34.6 Å². The average molecular weight is 1010 g/mol. The van der Waals surface area contributed by atoms with Crippen molar-refractivity contribution in [2.45, 2.75) is 86.0 Å². The molecule has 0 bridgehead atoms. The number of ether oxygens (including phenoxy) is 2. The predicted molar refractivity (Wildman–Crippen MR) is 288 cm³/mol. The number of rotatable bonds is 12. The van der Waals surface area contributed by atoms with E-state index in [1.54, 1.807) is 49.5 Å². The van der Waals surface area contributed by atoms with Crippen LogP contribution in [0.5, 0.6) is 11.5 Å². The molecular weight excluding hydrogens is 951 g/mol. The second-order valence-electron chi connectivity index (χ2n) is 18.8. The number of H-pyrrole nitrogens is 3. The number of fused-ring (bicyclic) bond motifs is 6. The third-order valence-electron chi connectivity index (χ3n) is 13.8. The highest BCUT2D eigenvalue weighted by molar-refractivity contribution is 6.14. The van der Waals surface area contributed by atoms with Crippen molar-refractivity contribution in [1.82, 2.24) is 64.8 Å². The first-order valence-corrected chi connectivity index (χ1v) is 25.0. The summed E-state index contributed by atoms with van der Waals surface area (Å²) in [4.78, 5) is 36.8. The molecule has 20 heteroatoms. The largest absolute Gasteiger partial charge is 0.496 e. The summed E-state index contributed by atoms with van der Waals surface area (Å²) in [5, 5.41) is 41.0. The number of carbonyl (C=O) groups is 1. The number of aryl methyl sites for hydroxylation is 6. The number of carboxylic acids is 1. The summed E-state index contributed by atoms with van der Waals surface area (Å²) in [6.07, 6.45) is 6.20. The number of benzene rings is 3. The van der Waals surface area contributed by atoms with Crippen molar-refractivity contribution >= 4 is 73.1 Å². The van der Waals surface area contributed by atoms with Crippen LogP contribution >= 0.6 is 0 Å². The molecule has 0 radical (unpaired) electrons. The number of nitrogens with zero attached hydrogens (tertiary/aromatic N) is 10. The second-order valence-corrected chi connectivity index (χ2v) is 18.8. The summed E-state index contributed by atoms with van der Waals surface area (Å²) >= 11 is 0. The van der Waals surface area contributed by atoms with Crippen LogP contribution in [0.3, 0.4) is 0 Å². The van der Waals surface area contributed by atoms with Gasteiger partial charge in [0, 0.05) is 75.2 Å². The van der Waals surface area contributed by atoms with Crippen LogP contribution in [0.1, 0.15) is 102 Å². The lowest BCUT2D eigenvalue weighted by Crippen LogP contribution is -2.06. The molecule has 8 aromatic heterocycles. The first-order chi connectivity index (χ1) is 36.3. The van der Waals surface area contributed by atoms with E-state index in [-0.39, 0.29) is 5.56 Å². The van der Waals surface area contributed by atoms with Crippen molar-refractivity contribution in [2.75, 3.05) is 24.9 Å². The number of carboxylic acid groups (broad SMARTS) is 1. The summed E-state index contributed by atoms with van der Waals surface area (Å²) in [5.41, 5.74) is 12.9. The standard InChI is InChI=1S/C30H27N7O4.C23H24N8O.C2H6/c1-14-26(15(2)41-36-14)21-11-23-20(12-24(21)40-4)27-28(33-23)31-16(3)32-29(27)34-25-13-22(17-5-6-17)35-37(25)19-9-7-18(8-10-19)30(38)39;1-11-20(12(2)29-28-11)15-7-17-14(8-18(15)32-4)21-22(26-17)24-10-25-23(21)27-19-9-16(13-5-6-13)30-31(19)3;1-2/h7-13,17H,5-6H2,1-4H3,(H,38,39)(H2,31,32,33,34);7-10,13H,5-6H2,1-4H3,(H,28,29)(H2,24,25,26,27);1-2H3. The smallest absolute Gasteiger partial charge is 0.335 e. The van der Waals surface area contributed by atoms with Gasteiger partial charge in [0.25, 0.3) is 0 Å². The zero-order valence-corrected chi connectivity index (χ0v) is 43.4. The van der Waals surface area contributed by atoms with E-state index in [0.717, 1.165) is 131 Å². The molecule has 6 N–H and O–H groups in total. The Morgan fingerprint density at radius 2 is 1.32 bits per heavy atom. The Morgan fingerprint density at radius 3 is 1.91 bits per heavy atom. The molecule has 13 rings (SSSR count). The van der Waals surface area contributed by atoms with E-state index in [1.165, 1.54) is 12.8 Å². The Labute approximate surface area is 430 Å². The van der Waals surface area contributed by atoms with Gasteiger partial charge in [0.05, 0.1) is 64.6 Å². The number of hydrogen-bond donors (Lipinski definition) is 6. The van der Waals surface area contributed by atoms with E-state index in [1.807, 2.05) is 84.5 Å². The minimum Gasteiger partial charge on any atom is -0.496 e. The monoisotopic (exact) mass is 1010 g/mol. The molecule has 0 aliphatic heterocycles. The SMILES string of the molecule is CC.COc1cc2c(cc1-c1c(C)n[nH]c1C)[nH]c1ncnc(Nc3cc(C4CC4)nn3C)c12.COc1cc2c(cc1-c1c(C)noc1C)[nH]c1nc(C)nc(Nc3cc(C4CC4)nn3-c3ccc(C(=O)O)cc3)c12. The molecule has 2 aliphatic carbocycles. The lowest BCUT2D eigenvalue weighted by atomic mass is 10.0. The van der Waals surface area contributed by atoms with Gasteiger partial charge in [-0.3, -0.25) is 9.78 Å². The van der Waals surface area contributed by atoms with Gasteiger partial charge in [0.1, 0.15) is 64.0 Å². The Bertz CT molecular complexity index is 3940. The molecule has 0 spiro atoms. The molecule has 0 saturated heterocycles. The number of methoxy groups -OCH3 is 2. The summed E-state index contributed by atoms with van der Waals surface area (Å²) in [5.74, 6) is 5.80. The zero-order valence-electron chi connectivity index (χ0n) is 43.4. The molecule has 0 amide bonds. The Hall–Kier alpha value is -9.07. The van der Waals surface area contributed by atoms with Crippen molar-refractivity contribution in [3.63, 3.8) is 0 Å². The fraction of sp³-hybridized carbons (Fsp3) is 0.291. The van der Waals surface area contributed by atoms with Gasteiger partial charge in [0.2, 0.25) is 0 Å². The van der Waals surface area contributed by atoms with E-state index < -0.39 is 5.97 Å².